The van der Waals surface area contributed by atoms with Crippen LogP contribution < -0.4 is 11.5 Å². The van der Waals surface area contributed by atoms with Gasteiger partial charge in [-0.3, -0.25) is 0 Å². The first kappa shape index (κ1) is 22.7. The van der Waals surface area contributed by atoms with Crippen LogP contribution in [0.4, 0.5) is 0 Å². The highest BCUT2D eigenvalue weighted by Crippen LogP contribution is 2.39. The molecule has 2 aliphatic carbocycles. The zero-order valence-corrected chi connectivity index (χ0v) is 19.9. The van der Waals surface area contributed by atoms with E-state index in [1.165, 1.54) is 5.56 Å². The lowest BCUT2D eigenvalue weighted by atomic mass is 9.74. The van der Waals surface area contributed by atoms with Crippen molar-refractivity contribution < 1.29 is 9.90 Å². The second kappa shape index (κ2) is 8.32. The summed E-state index contributed by atoms with van der Waals surface area (Å²) in [5.41, 5.74) is 18.8. The van der Waals surface area contributed by atoms with Crippen molar-refractivity contribution in [3.8, 4) is 22.8 Å². The van der Waals surface area contributed by atoms with Crippen molar-refractivity contribution in [1.29, 1.82) is 0 Å². The minimum atomic E-state index is -0.899. The van der Waals surface area contributed by atoms with E-state index >= 15 is 0 Å². The van der Waals surface area contributed by atoms with Crippen LogP contribution in [-0.4, -0.2) is 37.1 Å². The van der Waals surface area contributed by atoms with Gasteiger partial charge in [0.05, 0.1) is 17.0 Å². The van der Waals surface area contributed by atoms with E-state index in [2.05, 4.69) is 22.1 Å². The van der Waals surface area contributed by atoms with Gasteiger partial charge < -0.3 is 21.6 Å². The number of hydrogen-bond donors (Lipinski definition) is 4. The van der Waals surface area contributed by atoms with Crippen LogP contribution in [-0.2, 0) is 25.7 Å². The molecular formula is C27H33N5O2. The van der Waals surface area contributed by atoms with E-state index in [0.29, 0.717) is 24.2 Å². The van der Waals surface area contributed by atoms with Gasteiger partial charge in [0.15, 0.2) is 5.82 Å². The molecule has 1 fully saturated rings. The molecule has 3 aromatic rings. The number of H-pyrrole nitrogens is 1. The monoisotopic (exact) mass is 459 g/mol. The molecule has 178 valence electrons. The lowest BCUT2D eigenvalue weighted by Crippen LogP contribution is -2.48. The van der Waals surface area contributed by atoms with Gasteiger partial charge in [0, 0.05) is 35.0 Å². The Morgan fingerprint density at radius 1 is 1.21 bits per heavy atom. The number of aryl methyl sites for hydroxylation is 2. The number of nitrogens with zero attached hydrogens (tertiary/aromatic N) is 2. The van der Waals surface area contributed by atoms with E-state index in [0.717, 1.165) is 72.3 Å². The number of carbonyl (C=O) groups is 1. The molecule has 6 N–H and O–H groups in total. The number of aromatic nitrogens is 3. The van der Waals surface area contributed by atoms with Crippen molar-refractivity contribution in [3.05, 3.63) is 58.4 Å². The predicted molar refractivity (Wildman–Crippen MR) is 133 cm³/mol. The highest BCUT2D eigenvalue weighted by molar-refractivity contribution is 5.94. The Labute approximate surface area is 200 Å². The van der Waals surface area contributed by atoms with Crippen LogP contribution in [0.1, 0.15) is 72.3 Å². The summed E-state index contributed by atoms with van der Waals surface area (Å²) in [7, 11) is 0. The molecule has 7 heteroatoms. The molecule has 5 rings (SSSR count). The van der Waals surface area contributed by atoms with Gasteiger partial charge in [0.1, 0.15) is 0 Å². The third-order valence-electron chi connectivity index (χ3n) is 7.29. The molecule has 0 radical (unpaired) electrons. The van der Waals surface area contributed by atoms with E-state index in [-0.39, 0.29) is 11.1 Å². The summed E-state index contributed by atoms with van der Waals surface area (Å²) in [5, 5.41) is 10.00. The maximum Gasteiger partial charge on any atom is 0.337 e. The second-order valence-electron chi connectivity index (χ2n) is 10.8. The molecule has 1 aromatic carbocycles. The average molecular weight is 460 g/mol. The Kier molecular flexibility index (Phi) is 5.57. The Hall–Kier alpha value is -3.03. The number of hydrogen-bond acceptors (Lipinski definition) is 5. The Morgan fingerprint density at radius 2 is 1.94 bits per heavy atom. The van der Waals surface area contributed by atoms with Crippen LogP contribution in [0.3, 0.4) is 0 Å². The molecule has 0 saturated heterocycles. The maximum atomic E-state index is 12.2. The lowest BCUT2D eigenvalue weighted by molar-refractivity contribution is 0.0694. The Morgan fingerprint density at radius 3 is 2.56 bits per heavy atom. The molecule has 7 nitrogen and oxygen atoms in total. The molecule has 34 heavy (non-hydrogen) atoms. The number of aromatic amines is 1. The molecule has 2 heterocycles. The summed E-state index contributed by atoms with van der Waals surface area (Å²) in [5.74, 6) is -0.260. The first-order valence-corrected chi connectivity index (χ1v) is 12.1. The molecule has 0 unspecified atom stereocenters. The van der Waals surface area contributed by atoms with Crippen LogP contribution in [0.15, 0.2) is 30.5 Å². The standard InChI is InChI=1S/C27H33N5O2/c1-26(2,28)13-10-16-4-6-17(7-5-16)24-30-15-18-8-9-19-21(25(33)34)20(14-27(29)11-3-12-27)31-23(19)22(18)32-24/h4-7,15,31H,3,8-14,28-29H2,1-2H3,(H,33,34). The minimum Gasteiger partial charge on any atom is -0.478 e. The lowest BCUT2D eigenvalue weighted by Gasteiger charge is -2.38. The number of carboxylic acids is 1. The van der Waals surface area contributed by atoms with Crippen molar-refractivity contribution in [2.75, 3.05) is 0 Å². The zero-order chi connectivity index (χ0) is 24.1. The van der Waals surface area contributed by atoms with Crippen LogP contribution in [0, 0.1) is 0 Å². The van der Waals surface area contributed by atoms with Gasteiger partial charge >= 0.3 is 5.97 Å². The first-order valence-electron chi connectivity index (χ1n) is 12.1. The molecule has 0 amide bonds. The third-order valence-corrected chi connectivity index (χ3v) is 7.29. The quantitative estimate of drug-likeness (QED) is 0.422. The molecule has 0 spiro atoms. The first-order chi connectivity index (χ1) is 16.1. The van der Waals surface area contributed by atoms with Crippen LogP contribution >= 0.6 is 0 Å². The molecule has 2 aliphatic rings. The van der Waals surface area contributed by atoms with Crippen LogP contribution in [0.2, 0.25) is 0 Å². The average Bonchev–Trinajstić information content (AvgIpc) is 3.14. The van der Waals surface area contributed by atoms with E-state index in [9.17, 15) is 9.90 Å². The van der Waals surface area contributed by atoms with Gasteiger partial charge in [-0.15, -0.1) is 0 Å². The third kappa shape index (κ3) is 4.38. The Balaban J connectivity index is 1.47. The number of aromatic carboxylic acids is 1. The molecule has 0 atom stereocenters. The van der Waals surface area contributed by atoms with E-state index < -0.39 is 5.97 Å². The predicted octanol–water partition coefficient (Wildman–Crippen LogP) is 4.03. The highest BCUT2D eigenvalue weighted by Gasteiger charge is 2.37. The number of rotatable bonds is 7. The van der Waals surface area contributed by atoms with Crippen molar-refractivity contribution >= 4 is 5.97 Å². The number of benzene rings is 1. The minimum absolute atomic E-state index is 0.191. The van der Waals surface area contributed by atoms with Crippen LogP contribution in [0.5, 0.6) is 0 Å². The van der Waals surface area contributed by atoms with Crippen molar-refractivity contribution in [2.45, 2.75) is 76.3 Å². The second-order valence-corrected chi connectivity index (χ2v) is 10.8. The molecular weight excluding hydrogens is 426 g/mol. The summed E-state index contributed by atoms with van der Waals surface area (Å²) in [6.45, 7) is 4.08. The molecule has 0 aliphatic heterocycles. The fraction of sp³-hybridized carbons (Fsp3) is 0.444. The van der Waals surface area contributed by atoms with Crippen molar-refractivity contribution in [1.82, 2.24) is 15.0 Å². The van der Waals surface area contributed by atoms with Crippen molar-refractivity contribution in [3.63, 3.8) is 0 Å². The highest BCUT2D eigenvalue weighted by atomic mass is 16.4. The zero-order valence-electron chi connectivity index (χ0n) is 19.9. The summed E-state index contributed by atoms with van der Waals surface area (Å²) >= 11 is 0. The smallest absolute Gasteiger partial charge is 0.337 e. The fourth-order valence-corrected chi connectivity index (χ4v) is 5.09. The number of fused-ring (bicyclic) bond motifs is 3. The molecule has 0 bridgehead atoms. The molecule has 2 aromatic heterocycles. The van der Waals surface area contributed by atoms with Gasteiger partial charge in [-0.25, -0.2) is 14.8 Å². The van der Waals surface area contributed by atoms with Gasteiger partial charge in [-0.1, -0.05) is 24.3 Å². The van der Waals surface area contributed by atoms with Gasteiger partial charge in [0.25, 0.3) is 0 Å². The van der Waals surface area contributed by atoms with Crippen molar-refractivity contribution in [2.24, 2.45) is 11.5 Å². The summed E-state index contributed by atoms with van der Waals surface area (Å²) in [4.78, 5) is 25.1. The Bertz CT molecular complexity index is 1230. The normalized spacial score (nSPS) is 16.5. The maximum absolute atomic E-state index is 12.2. The summed E-state index contributed by atoms with van der Waals surface area (Å²) < 4.78 is 0. The number of carboxylic acid groups (broad SMARTS) is 1. The van der Waals surface area contributed by atoms with Gasteiger partial charge in [-0.2, -0.15) is 0 Å². The van der Waals surface area contributed by atoms with E-state index in [4.69, 9.17) is 16.5 Å². The van der Waals surface area contributed by atoms with Gasteiger partial charge in [-0.05, 0) is 75.5 Å². The van der Waals surface area contributed by atoms with Gasteiger partial charge in [0.2, 0.25) is 0 Å². The molecule has 1 saturated carbocycles. The topological polar surface area (TPSA) is 131 Å². The van der Waals surface area contributed by atoms with E-state index in [1.807, 2.05) is 32.2 Å². The summed E-state index contributed by atoms with van der Waals surface area (Å²) in [6.07, 6.45) is 8.60. The number of nitrogens with two attached hydrogens (primary N) is 2. The van der Waals surface area contributed by atoms with Crippen LogP contribution in [0.25, 0.3) is 22.8 Å². The number of nitrogens with one attached hydrogen (secondary N) is 1. The summed E-state index contributed by atoms with van der Waals surface area (Å²) in [6, 6.07) is 8.29. The fourth-order valence-electron chi connectivity index (χ4n) is 5.09. The SMILES string of the molecule is CC(C)(N)CCc1ccc(-c2ncc3c(n2)-c2[nH]c(CC4(N)CCC4)c(C(=O)O)c2CC3)cc1. The largest absolute Gasteiger partial charge is 0.478 e. The van der Waals surface area contributed by atoms with E-state index in [1.54, 1.807) is 0 Å².